The lowest BCUT2D eigenvalue weighted by Crippen LogP contribution is -2.44. The first-order valence-corrected chi connectivity index (χ1v) is 6.27. The van der Waals surface area contributed by atoms with Gasteiger partial charge in [-0.3, -0.25) is 4.79 Å². The quantitative estimate of drug-likeness (QED) is 0.820. The highest BCUT2D eigenvalue weighted by Crippen LogP contribution is 2.21. The summed E-state index contributed by atoms with van der Waals surface area (Å²) in [7, 11) is 1.95. The van der Waals surface area contributed by atoms with Gasteiger partial charge in [-0.05, 0) is 39.3 Å². The average Bonchev–Trinajstić information content (AvgIpc) is 2.89. The van der Waals surface area contributed by atoms with Crippen LogP contribution in [0, 0.1) is 0 Å². The molecule has 17 heavy (non-hydrogen) atoms. The second kappa shape index (κ2) is 5.82. The average molecular weight is 236 g/mol. The number of likely N-dealkylation sites (tertiary alicyclic amines) is 1. The molecule has 0 aromatic carbocycles. The summed E-state index contributed by atoms with van der Waals surface area (Å²) in [6.07, 6.45) is 7.63. The number of carbonyl (C=O) groups excluding carboxylic acids is 1. The molecule has 1 amide bonds. The summed E-state index contributed by atoms with van der Waals surface area (Å²) in [6.45, 7) is 1.82. The molecule has 1 fully saturated rings. The van der Waals surface area contributed by atoms with Gasteiger partial charge in [-0.2, -0.15) is 0 Å². The fourth-order valence-corrected chi connectivity index (χ4v) is 2.41. The van der Waals surface area contributed by atoms with E-state index in [9.17, 15) is 4.79 Å². The molecule has 2 rings (SSSR count). The predicted molar refractivity (Wildman–Crippen MR) is 65.8 cm³/mol. The second-order valence-electron chi connectivity index (χ2n) is 4.51. The van der Waals surface area contributed by atoms with Crippen LogP contribution in [0.1, 0.15) is 36.2 Å². The van der Waals surface area contributed by atoms with Crippen LogP contribution < -0.4 is 5.32 Å². The highest BCUT2D eigenvalue weighted by molar-refractivity contribution is 5.92. The van der Waals surface area contributed by atoms with E-state index in [0.717, 1.165) is 32.4 Å². The summed E-state index contributed by atoms with van der Waals surface area (Å²) < 4.78 is 0. The molecule has 94 valence electrons. The Kier molecular flexibility index (Phi) is 4.14. The molecule has 1 unspecified atom stereocenters. The van der Waals surface area contributed by atoms with Crippen molar-refractivity contribution in [1.29, 1.82) is 0 Å². The van der Waals surface area contributed by atoms with E-state index in [1.165, 1.54) is 6.42 Å². The van der Waals surface area contributed by atoms with Crippen LogP contribution in [-0.4, -0.2) is 47.0 Å². The number of H-pyrrole nitrogens is 1. The molecule has 0 saturated carbocycles. The summed E-state index contributed by atoms with van der Waals surface area (Å²) >= 11 is 0. The van der Waals surface area contributed by atoms with Gasteiger partial charge in [0.1, 0.15) is 5.69 Å². The number of carbonyl (C=O) groups is 1. The van der Waals surface area contributed by atoms with Crippen molar-refractivity contribution in [2.45, 2.75) is 31.7 Å². The van der Waals surface area contributed by atoms with Crippen LogP contribution >= 0.6 is 0 Å². The SMILES string of the molecule is CNCCC1CCCCN1C(=O)c1cnc[nH]1. The zero-order valence-corrected chi connectivity index (χ0v) is 10.3. The molecule has 1 aliphatic heterocycles. The van der Waals surface area contributed by atoms with Gasteiger partial charge in [0, 0.05) is 12.6 Å². The van der Waals surface area contributed by atoms with Gasteiger partial charge < -0.3 is 15.2 Å². The van der Waals surface area contributed by atoms with Gasteiger partial charge in [0.2, 0.25) is 0 Å². The van der Waals surface area contributed by atoms with Crippen molar-refractivity contribution in [2.24, 2.45) is 0 Å². The topological polar surface area (TPSA) is 61.0 Å². The summed E-state index contributed by atoms with van der Waals surface area (Å²) in [5.41, 5.74) is 0.598. The van der Waals surface area contributed by atoms with Gasteiger partial charge in [-0.1, -0.05) is 0 Å². The number of nitrogens with one attached hydrogen (secondary N) is 2. The molecule has 5 nitrogen and oxygen atoms in total. The molecular formula is C12H20N4O. The van der Waals surface area contributed by atoms with Crippen LogP contribution in [0.4, 0.5) is 0 Å². The van der Waals surface area contributed by atoms with E-state index in [2.05, 4.69) is 15.3 Å². The van der Waals surface area contributed by atoms with Gasteiger partial charge in [0.05, 0.1) is 12.5 Å². The highest BCUT2D eigenvalue weighted by atomic mass is 16.2. The van der Waals surface area contributed by atoms with E-state index >= 15 is 0 Å². The molecule has 2 heterocycles. The van der Waals surface area contributed by atoms with Crippen molar-refractivity contribution in [2.75, 3.05) is 20.1 Å². The van der Waals surface area contributed by atoms with E-state index in [1.54, 1.807) is 12.5 Å². The Morgan fingerprint density at radius 2 is 2.53 bits per heavy atom. The second-order valence-corrected chi connectivity index (χ2v) is 4.51. The molecule has 0 bridgehead atoms. The molecule has 1 aromatic rings. The summed E-state index contributed by atoms with van der Waals surface area (Å²) in [5, 5.41) is 3.15. The van der Waals surface area contributed by atoms with Crippen LogP contribution in [-0.2, 0) is 0 Å². The first-order chi connectivity index (χ1) is 8.33. The van der Waals surface area contributed by atoms with Gasteiger partial charge in [0.15, 0.2) is 0 Å². The molecule has 5 heteroatoms. The zero-order valence-electron chi connectivity index (χ0n) is 10.3. The summed E-state index contributed by atoms with van der Waals surface area (Å²) in [6, 6.07) is 0.368. The standard InChI is InChI=1S/C12H20N4O/c1-13-6-5-10-4-2-3-7-16(10)12(17)11-8-14-9-15-11/h8-10,13H,2-7H2,1H3,(H,14,15). The molecule has 1 aromatic heterocycles. The Bertz CT molecular complexity index is 349. The Morgan fingerprint density at radius 3 is 3.24 bits per heavy atom. The molecule has 0 radical (unpaired) electrons. The third kappa shape index (κ3) is 2.85. The van der Waals surface area contributed by atoms with Gasteiger partial charge in [-0.25, -0.2) is 4.98 Å². The maximum absolute atomic E-state index is 12.3. The Labute approximate surface area is 102 Å². The van der Waals surface area contributed by atoms with Crippen LogP contribution in [0.5, 0.6) is 0 Å². The molecule has 1 saturated heterocycles. The Morgan fingerprint density at radius 1 is 1.65 bits per heavy atom. The smallest absolute Gasteiger partial charge is 0.272 e. The zero-order chi connectivity index (χ0) is 12.1. The lowest BCUT2D eigenvalue weighted by atomic mass is 9.99. The van der Waals surface area contributed by atoms with Crippen LogP contribution in [0.15, 0.2) is 12.5 Å². The molecule has 1 atom stereocenters. The lowest BCUT2D eigenvalue weighted by Gasteiger charge is -2.35. The molecular weight excluding hydrogens is 216 g/mol. The van der Waals surface area contributed by atoms with Crippen LogP contribution in [0.2, 0.25) is 0 Å². The number of hydrogen-bond donors (Lipinski definition) is 2. The van der Waals surface area contributed by atoms with Crippen LogP contribution in [0.25, 0.3) is 0 Å². The van der Waals surface area contributed by atoms with Gasteiger partial charge >= 0.3 is 0 Å². The minimum atomic E-state index is 0.0864. The number of aromatic amines is 1. The number of piperidine rings is 1. The maximum Gasteiger partial charge on any atom is 0.272 e. The molecule has 0 spiro atoms. The summed E-state index contributed by atoms with van der Waals surface area (Å²) in [4.78, 5) is 21.1. The van der Waals surface area contributed by atoms with Crippen molar-refractivity contribution >= 4 is 5.91 Å². The summed E-state index contributed by atoms with van der Waals surface area (Å²) in [5.74, 6) is 0.0864. The van der Waals surface area contributed by atoms with Gasteiger partial charge in [0.25, 0.3) is 5.91 Å². The third-order valence-electron chi connectivity index (χ3n) is 3.34. The van der Waals surface area contributed by atoms with Crippen molar-refractivity contribution in [3.63, 3.8) is 0 Å². The highest BCUT2D eigenvalue weighted by Gasteiger charge is 2.27. The number of rotatable bonds is 4. The largest absolute Gasteiger partial charge is 0.341 e. The normalized spacial score (nSPS) is 20.5. The van der Waals surface area contributed by atoms with E-state index in [-0.39, 0.29) is 5.91 Å². The number of aromatic nitrogens is 2. The first kappa shape index (κ1) is 12.1. The van der Waals surface area contributed by atoms with Crippen molar-refractivity contribution in [1.82, 2.24) is 20.2 Å². The third-order valence-corrected chi connectivity index (χ3v) is 3.34. The first-order valence-electron chi connectivity index (χ1n) is 6.27. The number of imidazole rings is 1. The Hall–Kier alpha value is -1.36. The molecule has 2 N–H and O–H groups in total. The van der Waals surface area contributed by atoms with Crippen molar-refractivity contribution < 1.29 is 4.79 Å². The van der Waals surface area contributed by atoms with E-state index < -0.39 is 0 Å². The fraction of sp³-hybridized carbons (Fsp3) is 0.667. The van der Waals surface area contributed by atoms with E-state index in [0.29, 0.717) is 11.7 Å². The Balaban J connectivity index is 2.03. The van der Waals surface area contributed by atoms with E-state index in [1.807, 2.05) is 11.9 Å². The van der Waals surface area contributed by atoms with E-state index in [4.69, 9.17) is 0 Å². The number of amides is 1. The van der Waals surface area contributed by atoms with Crippen molar-refractivity contribution in [3.8, 4) is 0 Å². The van der Waals surface area contributed by atoms with Crippen molar-refractivity contribution in [3.05, 3.63) is 18.2 Å². The number of nitrogens with zero attached hydrogens (tertiary/aromatic N) is 2. The maximum atomic E-state index is 12.3. The predicted octanol–water partition coefficient (Wildman–Crippen LogP) is 1.01. The molecule has 1 aliphatic rings. The fourth-order valence-electron chi connectivity index (χ4n) is 2.41. The van der Waals surface area contributed by atoms with Crippen LogP contribution in [0.3, 0.4) is 0 Å². The monoisotopic (exact) mass is 236 g/mol. The molecule has 0 aliphatic carbocycles. The lowest BCUT2D eigenvalue weighted by molar-refractivity contribution is 0.0597. The van der Waals surface area contributed by atoms with Gasteiger partial charge in [-0.15, -0.1) is 0 Å². The number of hydrogen-bond acceptors (Lipinski definition) is 3. The minimum Gasteiger partial charge on any atom is -0.341 e. The minimum absolute atomic E-state index is 0.0864.